The summed E-state index contributed by atoms with van der Waals surface area (Å²) >= 11 is 0. The van der Waals surface area contributed by atoms with Gasteiger partial charge in [0.15, 0.2) is 0 Å². The van der Waals surface area contributed by atoms with E-state index in [1.54, 1.807) is 0 Å². The van der Waals surface area contributed by atoms with Gasteiger partial charge in [0.2, 0.25) is 0 Å². The SMILES string of the molecule is N[C@@H](C[C@H]1CC[C@@H](NC(=O)c2cnccn2)CC1)C(=O)O. The topological polar surface area (TPSA) is 118 Å². The molecule has 1 aliphatic carbocycles. The molecule has 1 aromatic heterocycles. The lowest BCUT2D eigenvalue weighted by atomic mass is 9.82. The van der Waals surface area contributed by atoms with Crippen LogP contribution in [0.1, 0.15) is 42.6 Å². The van der Waals surface area contributed by atoms with Crippen molar-refractivity contribution in [3.63, 3.8) is 0 Å². The van der Waals surface area contributed by atoms with Gasteiger partial charge in [0, 0.05) is 18.4 Å². The van der Waals surface area contributed by atoms with E-state index in [-0.39, 0.29) is 11.9 Å². The van der Waals surface area contributed by atoms with Gasteiger partial charge in [-0.15, -0.1) is 0 Å². The minimum Gasteiger partial charge on any atom is -0.480 e. The maximum Gasteiger partial charge on any atom is 0.320 e. The van der Waals surface area contributed by atoms with Crippen LogP contribution in [-0.2, 0) is 4.79 Å². The maximum atomic E-state index is 12.0. The van der Waals surface area contributed by atoms with Crippen molar-refractivity contribution >= 4 is 11.9 Å². The number of carbonyl (C=O) groups excluding carboxylic acids is 1. The Kier molecular flexibility index (Phi) is 5.21. The molecule has 114 valence electrons. The fourth-order valence-electron chi connectivity index (χ4n) is 2.68. The van der Waals surface area contributed by atoms with Crippen LogP contribution in [0.2, 0.25) is 0 Å². The van der Waals surface area contributed by atoms with Gasteiger partial charge < -0.3 is 16.2 Å². The standard InChI is InChI=1S/C14H20N4O3/c15-11(14(20)21)7-9-1-3-10(4-2-9)18-13(19)12-8-16-5-6-17-12/h5-6,8-11H,1-4,7,15H2,(H,18,19)(H,20,21)/t9-,10+,11-/m0/s1. The van der Waals surface area contributed by atoms with E-state index in [1.165, 1.54) is 18.6 Å². The highest BCUT2D eigenvalue weighted by molar-refractivity contribution is 5.92. The van der Waals surface area contributed by atoms with E-state index in [0.717, 1.165) is 25.7 Å². The van der Waals surface area contributed by atoms with Crippen LogP contribution in [0.5, 0.6) is 0 Å². The van der Waals surface area contributed by atoms with Gasteiger partial charge in [-0.25, -0.2) is 4.98 Å². The number of nitrogens with zero attached hydrogens (tertiary/aromatic N) is 2. The van der Waals surface area contributed by atoms with Crippen LogP contribution in [0.3, 0.4) is 0 Å². The molecule has 0 radical (unpaired) electrons. The molecule has 1 fully saturated rings. The summed E-state index contributed by atoms with van der Waals surface area (Å²) in [6.07, 6.45) is 8.38. The Labute approximate surface area is 123 Å². The largest absolute Gasteiger partial charge is 0.480 e. The van der Waals surface area contributed by atoms with Gasteiger partial charge in [0.1, 0.15) is 11.7 Å². The first kappa shape index (κ1) is 15.4. The molecule has 1 aliphatic rings. The number of aromatic nitrogens is 2. The van der Waals surface area contributed by atoms with Gasteiger partial charge in [-0.05, 0) is 38.0 Å². The quantitative estimate of drug-likeness (QED) is 0.730. The molecule has 21 heavy (non-hydrogen) atoms. The van der Waals surface area contributed by atoms with Crippen molar-refractivity contribution in [1.29, 1.82) is 0 Å². The van der Waals surface area contributed by atoms with E-state index < -0.39 is 12.0 Å². The zero-order valence-electron chi connectivity index (χ0n) is 11.7. The van der Waals surface area contributed by atoms with Crippen molar-refractivity contribution < 1.29 is 14.7 Å². The molecular weight excluding hydrogens is 272 g/mol. The predicted molar refractivity (Wildman–Crippen MR) is 75.5 cm³/mol. The zero-order chi connectivity index (χ0) is 15.2. The number of carbonyl (C=O) groups is 2. The lowest BCUT2D eigenvalue weighted by Gasteiger charge is -2.29. The van der Waals surface area contributed by atoms with Crippen LogP contribution in [0, 0.1) is 5.92 Å². The number of aliphatic carboxylic acids is 1. The van der Waals surface area contributed by atoms with Gasteiger partial charge in [-0.1, -0.05) is 0 Å². The molecule has 2 rings (SSSR count). The highest BCUT2D eigenvalue weighted by Gasteiger charge is 2.26. The van der Waals surface area contributed by atoms with E-state index in [9.17, 15) is 9.59 Å². The molecule has 1 atom stereocenters. The molecule has 0 saturated heterocycles. The first-order chi connectivity index (χ1) is 10.1. The second-order valence-corrected chi connectivity index (χ2v) is 5.46. The zero-order valence-corrected chi connectivity index (χ0v) is 11.7. The first-order valence-electron chi connectivity index (χ1n) is 7.11. The number of nitrogens with one attached hydrogen (secondary N) is 1. The predicted octanol–water partition coefficient (Wildman–Crippen LogP) is 0.567. The molecule has 1 amide bonds. The molecule has 1 aromatic rings. The van der Waals surface area contributed by atoms with Crippen LogP contribution in [0.4, 0.5) is 0 Å². The van der Waals surface area contributed by atoms with E-state index >= 15 is 0 Å². The van der Waals surface area contributed by atoms with Gasteiger partial charge in [-0.2, -0.15) is 0 Å². The summed E-state index contributed by atoms with van der Waals surface area (Å²) in [5.74, 6) is -0.845. The van der Waals surface area contributed by atoms with Gasteiger partial charge in [0.25, 0.3) is 5.91 Å². The van der Waals surface area contributed by atoms with Crippen molar-refractivity contribution in [3.8, 4) is 0 Å². The van der Waals surface area contributed by atoms with E-state index in [0.29, 0.717) is 18.0 Å². The molecule has 0 aliphatic heterocycles. The van der Waals surface area contributed by atoms with E-state index in [1.807, 2.05) is 0 Å². The Bertz CT molecular complexity index is 486. The van der Waals surface area contributed by atoms with Crippen molar-refractivity contribution in [2.24, 2.45) is 11.7 Å². The normalized spacial score (nSPS) is 23.3. The van der Waals surface area contributed by atoms with Crippen LogP contribution >= 0.6 is 0 Å². The third-order valence-corrected chi connectivity index (χ3v) is 3.88. The molecule has 0 aromatic carbocycles. The lowest BCUT2D eigenvalue weighted by Crippen LogP contribution is -2.39. The van der Waals surface area contributed by atoms with Crippen LogP contribution < -0.4 is 11.1 Å². The van der Waals surface area contributed by atoms with E-state index in [4.69, 9.17) is 10.8 Å². The molecule has 4 N–H and O–H groups in total. The van der Waals surface area contributed by atoms with Crippen LogP contribution in [-0.4, -0.2) is 39.0 Å². The van der Waals surface area contributed by atoms with Crippen LogP contribution in [0.15, 0.2) is 18.6 Å². The summed E-state index contributed by atoms with van der Waals surface area (Å²) < 4.78 is 0. The summed E-state index contributed by atoms with van der Waals surface area (Å²) in [4.78, 5) is 30.5. The van der Waals surface area contributed by atoms with Crippen molar-refractivity contribution in [2.45, 2.75) is 44.2 Å². The molecule has 0 bridgehead atoms. The summed E-state index contributed by atoms with van der Waals surface area (Å²) in [6.45, 7) is 0. The molecule has 1 saturated carbocycles. The monoisotopic (exact) mass is 292 g/mol. The number of amides is 1. The Morgan fingerprint density at radius 1 is 1.33 bits per heavy atom. The first-order valence-corrected chi connectivity index (χ1v) is 7.11. The Balaban J connectivity index is 1.77. The summed E-state index contributed by atoms with van der Waals surface area (Å²) in [7, 11) is 0. The minimum absolute atomic E-state index is 0.108. The highest BCUT2D eigenvalue weighted by atomic mass is 16.4. The second-order valence-electron chi connectivity index (χ2n) is 5.46. The molecule has 0 unspecified atom stereocenters. The second kappa shape index (κ2) is 7.12. The van der Waals surface area contributed by atoms with Gasteiger partial charge in [0.05, 0.1) is 6.20 Å². The third kappa shape index (κ3) is 4.49. The number of rotatable bonds is 5. The number of nitrogens with two attached hydrogens (primary N) is 1. The van der Waals surface area contributed by atoms with Crippen molar-refractivity contribution in [1.82, 2.24) is 15.3 Å². The number of carboxylic acid groups (broad SMARTS) is 1. The molecule has 7 heteroatoms. The minimum atomic E-state index is -0.951. The van der Waals surface area contributed by atoms with E-state index in [2.05, 4.69) is 15.3 Å². The Morgan fingerprint density at radius 2 is 2.05 bits per heavy atom. The average molecular weight is 292 g/mol. The fraction of sp³-hybridized carbons (Fsp3) is 0.571. The lowest BCUT2D eigenvalue weighted by molar-refractivity contribution is -0.139. The molecular formula is C14H20N4O3. The highest BCUT2D eigenvalue weighted by Crippen LogP contribution is 2.27. The van der Waals surface area contributed by atoms with Crippen molar-refractivity contribution in [3.05, 3.63) is 24.3 Å². The smallest absolute Gasteiger partial charge is 0.320 e. The summed E-state index contributed by atoms with van der Waals surface area (Å²) in [5.41, 5.74) is 5.87. The number of hydrogen-bond donors (Lipinski definition) is 3. The Hall–Kier alpha value is -2.02. The molecule has 7 nitrogen and oxygen atoms in total. The maximum absolute atomic E-state index is 12.0. The number of carboxylic acids is 1. The third-order valence-electron chi connectivity index (χ3n) is 3.88. The van der Waals surface area contributed by atoms with Crippen LogP contribution in [0.25, 0.3) is 0 Å². The van der Waals surface area contributed by atoms with Gasteiger partial charge >= 0.3 is 5.97 Å². The molecule has 1 heterocycles. The fourth-order valence-corrected chi connectivity index (χ4v) is 2.68. The summed E-state index contributed by atoms with van der Waals surface area (Å²) in [5, 5.41) is 11.8. The Morgan fingerprint density at radius 3 is 2.62 bits per heavy atom. The van der Waals surface area contributed by atoms with Gasteiger partial charge in [-0.3, -0.25) is 14.6 Å². The molecule has 0 spiro atoms. The summed E-state index contributed by atoms with van der Waals surface area (Å²) in [6, 6.07) is -0.683. The average Bonchev–Trinajstić information content (AvgIpc) is 2.50. The number of hydrogen-bond acceptors (Lipinski definition) is 5. The van der Waals surface area contributed by atoms with Crippen molar-refractivity contribution in [2.75, 3.05) is 0 Å².